The molecule has 0 bridgehead atoms. The van der Waals surface area contributed by atoms with Crippen LogP contribution in [0.15, 0.2) is 18.2 Å². The normalized spacial score (nSPS) is 21.1. The standard InChI is InChI=1S/C12H14ClF3N2/c13-9-4-1-5-10(11(9)17)18-6-2-3-8(7-18)12(14,15)16/h1,4-5,8H,2-3,6-7,17H2. The second-order valence-corrected chi connectivity index (χ2v) is 4.91. The Morgan fingerprint density at radius 2 is 2.06 bits per heavy atom. The summed E-state index contributed by atoms with van der Waals surface area (Å²) in [4.78, 5) is 1.67. The van der Waals surface area contributed by atoms with Crippen LogP contribution in [-0.2, 0) is 0 Å². The zero-order chi connectivity index (χ0) is 13.3. The lowest BCUT2D eigenvalue weighted by Crippen LogP contribution is -2.42. The van der Waals surface area contributed by atoms with Crippen molar-refractivity contribution in [2.75, 3.05) is 23.7 Å². The van der Waals surface area contributed by atoms with Crippen LogP contribution in [0.3, 0.4) is 0 Å². The second-order valence-electron chi connectivity index (χ2n) is 4.50. The van der Waals surface area contributed by atoms with Crippen molar-refractivity contribution in [3.8, 4) is 0 Å². The van der Waals surface area contributed by atoms with Crippen molar-refractivity contribution in [2.45, 2.75) is 19.0 Å². The molecule has 1 fully saturated rings. The Kier molecular flexibility index (Phi) is 3.61. The van der Waals surface area contributed by atoms with Crippen LogP contribution in [0.5, 0.6) is 0 Å². The number of hydrogen-bond donors (Lipinski definition) is 1. The average molecular weight is 279 g/mol. The number of nitrogens with zero attached hydrogens (tertiary/aromatic N) is 1. The Morgan fingerprint density at radius 3 is 2.72 bits per heavy atom. The number of alkyl halides is 3. The lowest BCUT2D eigenvalue weighted by atomic mass is 9.97. The summed E-state index contributed by atoms with van der Waals surface area (Å²) in [5.74, 6) is -1.29. The zero-order valence-electron chi connectivity index (χ0n) is 9.67. The first-order valence-corrected chi connectivity index (χ1v) is 6.13. The lowest BCUT2D eigenvalue weighted by Gasteiger charge is -2.35. The molecule has 0 saturated carbocycles. The largest absolute Gasteiger partial charge is 0.396 e. The van der Waals surface area contributed by atoms with Gasteiger partial charge >= 0.3 is 6.18 Å². The quantitative estimate of drug-likeness (QED) is 0.794. The van der Waals surface area contributed by atoms with Crippen molar-refractivity contribution < 1.29 is 13.2 Å². The molecule has 1 aromatic rings. The number of hydrogen-bond acceptors (Lipinski definition) is 2. The van der Waals surface area contributed by atoms with E-state index in [9.17, 15) is 13.2 Å². The molecule has 1 saturated heterocycles. The van der Waals surface area contributed by atoms with Gasteiger partial charge in [-0.05, 0) is 25.0 Å². The van der Waals surface area contributed by atoms with E-state index in [1.54, 1.807) is 23.1 Å². The summed E-state index contributed by atoms with van der Waals surface area (Å²) >= 11 is 5.89. The summed E-state index contributed by atoms with van der Waals surface area (Å²) in [6.07, 6.45) is -3.46. The number of nitrogen functional groups attached to an aromatic ring is 1. The fraction of sp³-hybridized carbons (Fsp3) is 0.500. The predicted molar refractivity (Wildman–Crippen MR) is 66.9 cm³/mol. The second kappa shape index (κ2) is 4.88. The van der Waals surface area contributed by atoms with Crippen LogP contribution in [0.4, 0.5) is 24.5 Å². The summed E-state index contributed by atoms with van der Waals surface area (Å²) in [7, 11) is 0. The molecule has 1 aromatic carbocycles. The molecule has 2 rings (SSSR count). The van der Waals surface area contributed by atoms with Crippen molar-refractivity contribution in [3.63, 3.8) is 0 Å². The van der Waals surface area contributed by atoms with E-state index < -0.39 is 12.1 Å². The molecular weight excluding hydrogens is 265 g/mol. The molecule has 2 nitrogen and oxygen atoms in total. The number of para-hydroxylation sites is 1. The summed E-state index contributed by atoms with van der Waals surface area (Å²) in [6.45, 7) is 0.533. The molecule has 0 radical (unpaired) electrons. The van der Waals surface area contributed by atoms with Crippen molar-refractivity contribution in [1.29, 1.82) is 0 Å². The Bertz CT molecular complexity index is 434. The first-order chi connectivity index (χ1) is 8.39. The van der Waals surface area contributed by atoms with E-state index in [1.165, 1.54) is 0 Å². The number of rotatable bonds is 1. The third kappa shape index (κ3) is 2.66. The smallest absolute Gasteiger partial charge is 0.393 e. The molecular formula is C12H14ClF3N2. The van der Waals surface area contributed by atoms with E-state index in [4.69, 9.17) is 17.3 Å². The lowest BCUT2D eigenvalue weighted by molar-refractivity contribution is -0.175. The van der Waals surface area contributed by atoms with Gasteiger partial charge in [0.2, 0.25) is 0 Å². The van der Waals surface area contributed by atoms with Crippen molar-refractivity contribution in [2.24, 2.45) is 5.92 Å². The molecule has 1 aliphatic rings. The maximum Gasteiger partial charge on any atom is 0.393 e. The van der Waals surface area contributed by atoms with Crippen molar-refractivity contribution >= 4 is 23.0 Å². The molecule has 0 aromatic heterocycles. The first kappa shape index (κ1) is 13.3. The molecule has 18 heavy (non-hydrogen) atoms. The molecule has 1 aliphatic heterocycles. The fourth-order valence-electron chi connectivity index (χ4n) is 2.26. The molecule has 0 amide bonds. The van der Waals surface area contributed by atoms with Crippen LogP contribution in [0.1, 0.15) is 12.8 Å². The summed E-state index contributed by atoms with van der Waals surface area (Å²) in [6, 6.07) is 5.04. The highest BCUT2D eigenvalue weighted by molar-refractivity contribution is 6.33. The molecule has 1 heterocycles. The van der Waals surface area contributed by atoms with E-state index in [0.29, 0.717) is 29.4 Å². The maximum atomic E-state index is 12.7. The molecule has 1 unspecified atom stereocenters. The van der Waals surface area contributed by atoms with Gasteiger partial charge in [-0.2, -0.15) is 13.2 Å². The predicted octanol–water partition coefficient (Wildman–Crippen LogP) is 3.70. The van der Waals surface area contributed by atoms with E-state index in [1.807, 2.05) is 0 Å². The third-order valence-corrected chi connectivity index (χ3v) is 3.58. The van der Waals surface area contributed by atoms with Crippen LogP contribution in [0.25, 0.3) is 0 Å². The van der Waals surface area contributed by atoms with Gasteiger partial charge in [0.25, 0.3) is 0 Å². The van der Waals surface area contributed by atoms with Crippen molar-refractivity contribution in [3.05, 3.63) is 23.2 Å². The van der Waals surface area contributed by atoms with E-state index in [2.05, 4.69) is 0 Å². The van der Waals surface area contributed by atoms with Crippen LogP contribution >= 0.6 is 11.6 Å². The van der Waals surface area contributed by atoms with Crippen LogP contribution < -0.4 is 10.6 Å². The average Bonchev–Trinajstić information content (AvgIpc) is 2.32. The van der Waals surface area contributed by atoms with Gasteiger partial charge < -0.3 is 10.6 Å². The number of halogens is 4. The van der Waals surface area contributed by atoms with E-state index in [-0.39, 0.29) is 13.0 Å². The third-order valence-electron chi connectivity index (χ3n) is 3.25. The van der Waals surface area contributed by atoms with Gasteiger partial charge in [-0.3, -0.25) is 0 Å². The fourth-order valence-corrected chi connectivity index (χ4v) is 2.43. The molecule has 0 aliphatic carbocycles. The SMILES string of the molecule is Nc1c(Cl)cccc1N1CCCC(C(F)(F)F)C1. The Hall–Kier alpha value is -1.10. The number of nitrogens with two attached hydrogens (primary N) is 1. The minimum Gasteiger partial charge on any atom is -0.396 e. The van der Waals surface area contributed by atoms with Gasteiger partial charge in [-0.25, -0.2) is 0 Å². The highest BCUT2D eigenvalue weighted by atomic mass is 35.5. The van der Waals surface area contributed by atoms with Gasteiger partial charge in [-0.1, -0.05) is 17.7 Å². The van der Waals surface area contributed by atoms with Crippen LogP contribution in [0.2, 0.25) is 5.02 Å². The van der Waals surface area contributed by atoms with Gasteiger partial charge in [0.05, 0.1) is 22.3 Å². The minimum atomic E-state index is -4.15. The van der Waals surface area contributed by atoms with Gasteiger partial charge in [0, 0.05) is 13.1 Å². The van der Waals surface area contributed by atoms with Gasteiger partial charge in [0.1, 0.15) is 0 Å². The Morgan fingerprint density at radius 1 is 1.33 bits per heavy atom. The summed E-state index contributed by atoms with van der Waals surface area (Å²) in [5.41, 5.74) is 6.76. The number of anilines is 2. The van der Waals surface area contributed by atoms with Crippen LogP contribution in [0, 0.1) is 5.92 Å². The first-order valence-electron chi connectivity index (χ1n) is 5.75. The Balaban J connectivity index is 2.21. The van der Waals surface area contributed by atoms with E-state index >= 15 is 0 Å². The highest BCUT2D eigenvalue weighted by Crippen LogP contribution is 2.37. The van der Waals surface area contributed by atoms with Crippen molar-refractivity contribution in [1.82, 2.24) is 0 Å². The molecule has 0 spiro atoms. The van der Waals surface area contributed by atoms with Crippen LogP contribution in [-0.4, -0.2) is 19.3 Å². The number of piperidine rings is 1. The maximum absolute atomic E-state index is 12.7. The molecule has 6 heteroatoms. The topological polar surface area (TPSA) is 29.3 Å². The van der Waals surface area contributed by atoms with Gasteiger partial charge in [0.15, 0.2) is 0 Å². The van der Waals surface area contributed by atoms with E-state index in [0.717, 1.165) is 0 Å². The molecule has 1 atom stereocenters. The minimum absolute atomic E-state index is 0.0476. The zero-order valence-corrected chi connectivity index (χ0v) is 10.4. The Labute approximate surface area is 109 Å². The summed E-state index contributed by atoms with van der Waals surface area (Å²) < 4.78 is 38.2. The van der Waals surface area contributed by atoms with Gasteiger partial charge in [-0.15, -0.1) is 0 Å². The number of benzene rings is 1. The highest BCUT2D eigenvalue weighted by Gasteiger charge is 2.42. The monoisotopic (exact) mass is 278 g/mol. The summed E-state index contributed by atoms with van der Waals surface area (Å²) in [5, 5.41) is 0.377. The molecule has 100 valence electrons. The molecule has 2 N–H and O–H groups in total.